The highest BCUT2D eigenvalue weighted by molar-refractivity contribution is 6.32. The summed E-state index contributed by atoms with van der Waals surface area (Å²) in [7, 11) is 1.48. The average Bonchev–Trinajstić information content (AvgIpc) is 2.43. The second kappa shape index (κ2) is 6.04. The number of amides is 2. The monoisotopic (exact) mass is 297 g/mol. The molecule has 1 saturated heterocycles. The lowest BCUT2D eigenvalue weighted by molar-refractivity contribution is -0.146. The van der Waals surface area contributed by atoms with E-state index in [-0.39, 0.29) is 11.8 Å². The predicted molar refractivity (Wildman–Crippen MR) is 75.6 cm³/mol. The summed E-state index contributed by atoms with van der Waals surface area (Å²) in [6.07, 6.45) is 2.22. The van der Waals surface area contributed by atoms with Crippen molar-refractivity contribution < 1.29 is 9.59 Å². The average molecular weight is 298 g/mol. The van der Waals surface area contributed by atoms with Crippen LogP contribution in [0.15, 0.2) is 6.20 Å². The molecule has 7 nitrogen and oxygen atoms in total. The molecule has 108 valence electrons. The minimum absolute atomic E-state index is 0.171. The summed E-state index contributed by atoms with van der Waals surface area (Å²) in [5, 5.41) is 6.28. The van der Waals surface area contributed by atoms with Gasteiger partial charge in [0.15, 0.2) is 5.82 Å². The third-order valence-corrected chi connectivity index (χ3v) is 3.32. The Morgan fingerprint density at radius 2 is 2.25 bits per heavy atom. The van der Waals surface area contributed by atoms with Gasteiger partial charge in [-0.05, 0) is 13.3 Å². The second-order valence-electron chi connectivity index (χ2n) is 4.45. The zero-order valence-corrected chi connectivity index (χ0v) is 12.1. The van der Waals surface area contributed by atoms with E-state index in [1.165, 1.54) is 13.2 Å². The van der Waals surface area contributed by atoms with Gasteiger partial charge in [-0.3, -0.25) is 14.5 Å². The number of hydrogen-bond donors (Lipinski definition) is 2. The maximum absolute atomic E-state index is 12.0. The molecular formula is C12H16ClN5O2. The molecule has 1 atom stereocenters. The van der Waals surface area contributed by atoms with Crippen LogP contribution in [-0.2, 0) is 9.59 Å². The number of piperidine rings is 1. The number of imide groups is 1. The lowest BCUT2D eigenvalue weighted by Crippen LogP contribution is -2.48. The molecule has 0 aromatic carbocycles. The third-order valence-electron chi connectivity index (χ3n) is 3.04. The highest BCUT2D eigenvalue weighted by Crippen LogP contribution is 2.23. The number of halogens is 1. The molecular weight excluding hydrogens is 282 g/mol. The second-order valence-corrected chi connectivity index (χ2v) is 4.85. The Hall–Kier alpha value is -1.89. The van der Waals surface area contributed by atoms with Gasteiger partial charge in [0, 0.05) is 20.0 Å². The van der Waals surface area contributed by atoms with Crippen LogP contribution in [0.3, 0.4) is 0 Å². The molecule has 20 heavy (non-hydrogen) atoms. The van der Waals surface area contributed by atoms with Gasteiger partial charge in [0.1, 0.15) is 11.1 Å². The van der Waals surface area contributed by atoms with Crippen LogP contribution in [0.25, 0.3) is 0 Å². The van der Waals surface area contributed by atoms with Crippen molar-refractivity contribution in [1.29, 1.82) is 0 Å². The Labute approximate surface area is 121 Å². The molecule has 2 amide bonds. The van der Waals surface area contributed by atoms with Gasteiger partial charge >= 0.3 is 0 Å². The molecule has 1 aromatic rings. The van der Waals surface area contributed by atoms with E-state index in [4.69, 9.17) is 11.6 Å². The van der Waals surface area contributed by atoms with Gasteiger partial charge in [0.2, 0.25) is 11.9 Å². The predicted octanol–water partition coefficient (Wildman–Crippen LogP) is 1.12. The summed E-state index contributed by atoms with van der Waals surface area (Å²) in [6.45, 7) is 2.61. The minimum atomic E-state index is -0.500. The zero-order chi connectivity index (χ0) is 14.7. The summed E-state index contributed by atoms with van der Waals surface area (Å²) < 4.78 is 0. The van der Waals surface area contributed by atoms with Gasteiger partial charge in [-0.1, -0.05) is 11.6 Å². The van der Waals surface area contributed by atoms with Gasteiger partial charge in [0.25, 0.3) is 5.91 Å². The number of likely N-dealkylation sites (tertiary alicyclic amines) is 1. The summed E-state index contributed by atoms with van der Waals surface area (Å²) in [4.78, 5) is 32.8. The van der Waals surface area contributed by atoms with Crippen LogP contribution >= 0.6 is 11.6 Å². The van der Waals surface area contributed by atoms with E-state index in [0.29, 0.717) is 36.2 Å². The molecule has 1 unspecified atom stereocenters. The van der Waals surface area contributed by atoms with Crippen LogP contribution in [0.5, 0.6) is 0 Å². The normalized spacial score (nSPS) is 19.1. The Morgan fingerprint density at radius 3 is 2.95 bits per heavy atom. The van der Waals surface area contributed by atoms with Crippen molar-refractivity contribution in [3.05, 3.63) is 11.2 Å². The lowest BCUT2D eigenvalue weighted by atomic mass is 10.0. The summed E-state index contributed by atoms with van der Waals surface area (Å²) in [5.41, 5.74) is 0. The van der Waals surface area contributed by atoms with E-state index in [0.717, 1.165) is 4.90 Å². The van der Waals surface area contributed by atoms with Crippen LogP contribution in [0.4, 0.5) is 11.8 Å². The van der Waals surface area contributed by atoms with Crippen LogP contribution in [0, 0.1) is 0 Å². The van der Waals surface area contributed by atoms with Crippen molar-refractivity contribution in [2.24, 2.45) is 0 Å². The maximum atomic E-state index is 12.0. The van der Waals surface area contributed by atoms with E-state index in [9.17, 15) is 9.59 Å². The Morgan fingerprint density at radius 1 is 1.50 bits per heavy atom. The number of carbonyl (C=O) groups excluding carboxylic acids is 2. The van der Waals surface area contributed by atoms with E-state index in [2.05, 4.69) is 20.6 Å². The molecule has 2 heterocycles. The van der Waals surface area contributed by atoms with Gasteiger partial charge in [0.05, 0.1) is 6.20 Å². The molecule has 0 aliphatic carbocycles. The van der Waals surface area contributed by atoms with Crippen LogP contribution in [0.2, 0.25) is 5.02 Å². The van der Waals surface area contributed by atoms with Crippen molar-refractivity contribution in [2.75, 3.05) is 24.2 Å². The molecule has 2 rings (SSSR count). The van der Waals surface area contributed by atoms with Gasteiger partial charge in [-0.25, -0.2) is 4.98 Å². The molecule has 1 aromatic heterocycles. The summed E-state index contributed by atoms with van der Waals surface area (Å²) in [5.74, 6) is 0.377. The van der Waals surface area contributed by atoms with Crippen molar-refractivity contribution in [1.82, 2.24) is 14.9 Å². The molecule has 0 saturated carbocycles. The number of hydrogen-bond acceptors (Lipinski definition) is 6. The number of carbonyl (C=O) groups is 2. The first-order valence-corrected chi connectivity index (χ1v) is 6.74. The lowest BCUT2D eigenvalue weighted by Gasteiger charge is -2.28. The fraction of sp³-hybridized carbons (Fsp3) is 0.500. The number of aromatic nitrogens is 2. The standard InChI is InChI=1S/C12H16ClN5O2/c1-3-14-12-15-6-7(13)10(17-12)16-8-4-5-9(19)18(2)11(8)20/h6,8H,3-5H2,1-2H3,(H2,14,15,16,17). The Bertz CT molecular complexity index is 537. The molecule has 0 radical (unpaired) electrons. The number of likely N-dealkylation sites (N-methyl/N-ethyl adjacent to an activating group) is 1. The molecule has 1 aliphatic rings. The minimum Gasteiger partial charge on any atom is -0.357 e. The van der Waals surface area contributed by atoms with Gasteiger partial charge < -0.3 is 10.6 Å². The third kappa shape index (κ3) is 2.98. The SMILES string of the molecule is CCNc1ncc(Cl)c(NC2CCC(=O)N(C)C2=O)n1. The first kappa shape index (κ1) is 14.5. The molecule has 2 N–H and O–H groups in total. The largest absolute Gasteiger partial charge is 0.357 e. The van der Waals surface area contributed by atoms with Crippen LogP contribution in [-0.4, -0.2) is 46.3 Å². The van der Waals surface area contributed by atoms with E-state index >= 15 is 0 Å². The van der Waals surface area contributed by atoms with E-state index in [1.54, 1.807) is 0 Å². The fourth-order valence-electron chi connectivity index (χ4n) is 1.93. The first-order chi connectivity index (χ1) is 9.52. The van der Waals surface area contributed by atoms with E-state index in [1.807, 2.05) is 6.92 Å². The van der Waals surface area contributed by atoms with Crippen molar-refractivity contribution in [2.45, 2.75) is 25.8 Å². The highest BCUT2D eigenvalue weighted by Gasteiger charge is 2.32. The summed E-state index contributed by atoms with van der Waals surface area (Å²) >= 11 is 6.02. The quantitative estimate of drug-likeness (QED) is 0.810. The summed E-state index contributed by atoms with van der Waals surface area (Å²) in [6, 6.07) is -0.500. The maximum Gasteiger partial charge on any atom is 0.251 e. The van der Waals surface area contributed by atoms with Gasteiger partial charge in [-0.2, -0.15) is 4.98 Å². The van der Waals surface area contributed by atoms with Crippen molar-refractivity contribution in [3.8, 4) is 0 Å². The van der Waals surface area contributed by atoms with Gasteiger partial charge in [-0.15, -0.1) is 0 Å². The number of anilines is 2. The smallest absolute Gasteiger partial charge is 0.251 e. The number of rotatable bonds is 4. The Kier molecular flexibility index (Phi) is 4.39. The number of nitrogens with one attached hydrogen (secondary N) is 2. The highest BCUT2D eigenvalue weighted by atomic mass is 35.5. The first-order valence-electron chi connectivity index (χ1n) is 6.36. The van der Waals surface area contributed by atoms with Crippen LogP contribution in [0.1, 0.15) is 19.8 Å². The zero-order valence-electron chi connectivity index (χ0n) is 11.3. The molecule has 0 bridgehead atoms. The van der Waals surface area contributed by atoms with Crippen molar-refractivity contribution in [3.63, 3.8) is 0 Å². The van der Waals surface area contributed by atoms with Crippen molar-refractivity contribution >= 4 is 35.2 Å². The topological polar surface area (TPSA) is 87.2 Å². The molecule has 1 aliphatic heterocycles. The van der Waals surface area contributed by atoms with Crippen LogP contribution < -0.4 is 10.6 Å². The number of nitrogens with zero attached hydrogens (tertiary/aromatic N) is 3. The molecule has 1 fully saturated rings. The Balaban J connectivity index is 2.15. The van der Waals surface area contributed by atoms with E-state index < -0.39 is 6.04 Å². The molecule has 0 spiro atoms. The fourth-order valence-corrected chi connectivity index (χ4v) is 2.07. The molecule has 8 heteroatoms.